The lowest BCUT2D eigenvalue weighted by atomic mass is 9.86. The van der Waals surface area contributed by atoms with E-state index in [9.17, 15) is 5.11 Å². The molecule has 2 heteroatoms. The average molecular weight is 275 g/mol. The molecule has 1 fully saturated rings. The number of nitrogens with one attached hydrogen (secondary N) is 1. The van der Waals surface area contributed by atoms with Gasteiger partial charge in [0.15, 0.2) is 0 Å². The first-order chi connectivity index (χ1) is 9.47. The molecule has 0 aliphatic heterocycles. The lowest BCUT2D eigenvalue weighted by Gasteiger charge is -2.29. The van der Waals surface area contributed by atoms with E-state index in [1.54, 1.807) is 0 Å². The van der Waals surface area contributed by atoms with Crippen LogP contribution < -0.4 is 5.32 Å². The molecule has 0 bridgehead atoms. The predicted octanol–water partition coefficient (Wildman–Crippen LogP) is 3.82. The van der Waals surface area contributed by atoms with Gasteiger partial charge in [-0.2, -0.15) is 0 Å². The third-order valence-electron chi connectivity index (χ3n) is 5.13. The minimum absolute atomic E-state index is 0.127. The molecule has 1 aromatic rings. The van der Waals surface area contributed by atoms with Crippen molar-refractivity contribution in [1.29, 1.82) is 0 Å². The number of benzene rings is 1. The quantitative estimate of drug-likeness (QED) is 0.856. The van der Waals surface area contributed by atoms with Gasteiger partial charge in [0.2, 0.25) is 0 Å². The summed E-state index contributed by atoms with van der Waals surface area (Å²) in [5.41, 5.74) is 5.59. The summed E-state index contributed by atoms with van der Waals surface area (Å²) in [6.45, 7) is 10.0. The lowest BCUT2D eigenvalue weighted by Crippen LogP contribution is -2.36. The van der Waals surface area contributed by atoms with Crippen molar-refractivity contribution < 1.29 is 5.11 Å². The van der Waals surface area contributed by atoms with Gasteiger partial charge in [-0.1, -0.05) is 25.0 Å². The molecular weight excluding hydrogens is 246 g/mol. The van der Waals surface area contributed by atoms with Crippen molar-refractivity contribution in [2.24, 2.45) is 5.41 Å². The topological polar surface area (TPSA) is 32.3 Å². The predicted molar refractivity (Wildman–Crippen MR) is 85.1 cm³/mol. The Balaban J connectivity index is 2.05. The van der Waals surface area contributed by atoms with Crippen molar-refractivity contribution in [3.05, 3.63) is 34.4 Å². The van der Waals surface area contributed by atoms with Crippen LogP contribution in [0.3, 0.4) is 0 Å². The summed E-state index contributed by atoms with van der Waals surface area (Å²) in [6.07, 6.45) is 4.85. The fourth-order valence-electron chi connectivity index (χ4n) is 3.44. The summed E-state index contributed by atoms with van der Waals surface area (Å²) in [4.78, 5) is 0. The Labute approximate surface area is 123 Å². The highest BCUT2D eigenvalue weighted by Gasteiger charge is 2.33. The van der Waals surface area contributed by atoms with E-state index in [0.717, 1.165) is 19.4 Å². The van der Waals surface area contributed by atoms with Gasteiger partial charge in [-0.3, -0.25) is 0 Å². The molecule has 1 saturated carbocycles. The Morgan fingerprint density at radius 3 is 2.30 bits per heavy atom. The van der Waals surface area contributed by atoms with Crippen molar-refractivity contribution in [1.82, 2.24) is 5.32 Å². The summed E-state index contributed by atoms with van der Waals surface area (Å²) < 4.78 is 0. The molecule has 0 spiro atoms. The maximum absolute atomic E-state index is 9.70. The first-order valence-corrected chi connectivity index (χ1v) is 7.89. The molecule has 1 aliphatic rings. The van der Waals surface area contributed by atoms with E-state index in [1.165, 1.54) is 35.1 Å². The number of rotatable bonds is 5. The van der Waals surface area contributed by atoms with Gasteiger partial charge in [-0.05, 0) is 62.8 Å². The van der Waals surface area contributed by atoms with Crippen LogP contribution in [0.15, 0.2) is 12.1 Å². The Morgan fingerprint density at radius 2 is 1.70 bits per heavy atom. The van der Waals surface area contributed by atoms with Gasteiger partial charge in [-0.15, -0.1) is 0 Å². The summed E-state index contributed by atoms with van der Waals surface area (Å²) in [6, 6.07) is 4.93. The zero-order valence-electron chi connectivity index (χ0n) is 13.4. The monoisotopic (exact) mass is 275 g/mol. The van der Waals surface area contributed by atoms with Crippen LogP contribution in [0.4, 0.5) is 0 Å². The average Bonchev–Trinajstić information content (AvgIpc) is 2.90. The molecule has 0 amide bonds. The summed E-state index contributed by atoms with van der Waals surface area (Å²) >= 11 is 0. The van der Waals surface area contributed by atoms with Crippen LogP contribution in [0.2, 0.25) is 0 Å². The fraction of sp³-hybridized carbons (Fsp3) is 0.667. The summed E-state index contributed by atoms with van der Waals surface area (Å²) in [5, 5.41) is 13.4. The van der Waals surface area contributed by atoms with Crippen molar-refractivity contribution in [3.8, 4) is 0 Å². The second-order valence-corrected chi connectivity index (χ2v) is 6.76. The number of hydrogen-bond donors (Lipinski definition) is 2. The first-order valence-electron chi connectivity index (χ1n) is 7.89. The summed E-state index contributed by atoms with van der Waals surface area (Å²) in [5.74, 6) is 0. The minimum Gasteiger partial charge on any atom is -0.396 e. The van der Waals surface area contributed by atoms with E-state index in [-0.39, 0.29) is 5.41 Å². The molecule has 20 heavy (non-hydrogen) atoms. The number of aliphatic hydroxyl groups is 1. The van der Waals surface area contributed by atoms with Crippen molar-refractivity contribution in [2.45, 2.75) is 59.4 Å². The fourth-order valence-corrected chi connectivity index (χ4v) is 3.44. The number of aliphatic hydroxyl groups excluding tert-OH is 1. The van der Waals surface area contributed by atoms with Crippen LogP contribution in [0.1, 0.15) is 60.9 Å². The molecule has 1 unspecified atom stereocenters. The Morgan fingerprint density at radius 1 is 1.10 bits per heavy atom. The van der Waals surface area contributed by atoms with Gasteiger partial charge < -0.3 is 10.4 Å². The highest BCUT2D eigenvalue weighted by Crippen LogP contribution is 2.37. The third-order valence-corrected chi connectivity index (χ3v) is 5.13. The van der Waals surface area contributed by atoms with Crippen molar-refractivity contribution in [2.75, 3.05) is 13.2 Å². The van der Waals surface area contributed by atoms with Gasteiger partial charge in [-0.25, -0.2) is 0 Å². The van der Waals surface area contributed by atoms with Crippen LogP contribution in [-0.2, 0) is 0 Å². The molecule has 112 valence electrons. The lowest BCUT2D eigenvalue weighted by molar-refractivity contribution is 0.125. The maximum atomic E-state index is 9.70. The summed E-state index contributed by atoms with van der Waals surface area (Å²) in [7, 11) is 0. The smallest absolute Gasteiger partial charge is 0.0499 e. The second kappa shape index (κ2) is 6.28. The van der Waals surface area contributed by atoms with E-state index in [1.807, 2.05) is 0 Å². The largest absolute Gasteiger partial charge is 0.396 e. The zero-order valence-corrected chi connectivity index (χ0v) is 13.4. The number of hydrogen-bond acceptors (Lipinski definition) is 2. The van der Waals surface area contributed by atoms with E-state index in [2.05, 4.69) is 45.1 Å². The van der Waals surface area contributed by atoms with Gasteiger partial charge in [0, 0.05) is 24.6 Å². The van der Waals surface area contributed by atoms with Crippen LogP contribution >= 0.6 is 0 Å². The minimum atomic E-state index is 0.127. The Kier molecular flexibility index (Phi) is 4.87. The first kappa shape index (κ1) is 15.5. The molecule has 2 rings (SSSR count). The normalized spacial score (nSPS) is 19.2. The van der Waals surface area contributed by atoms with Crippen LogP contribution in [-0.4, -0.2) is 18.3 Å². The maximum Gasteiger partial charge on any atom is 0.0499 e. The molecule has 1 aliphatic carbocycles. The van der Waals surface area contributed by atoms with E-state index < -0.39 is 0 Å². The third kappa shape index (κ3) is 3.24. The van der Waals surface area contributed by atoms with Gasteiger partial charge >= 0.3 is 0 Å². The highest BCUT2D eigenvalue weighted by molar-refractivity contribution is 5.38. The Hall–Kier alpha value is -0.860. The van der Waals surface area contributed by atoms with E-state index in [4.69, 9.17) is 0 Å². The molecule has 1 atom stereocenters. The van der Waals surface area contributed by atoms with Gasteiger partial charge in [0.05, 0.1) is 0 Å². The van der Waals surface area contributed by atoms with Crippen LogP contribution in [0.25, 0.3) is 0 Å². The molecular formula is C18H29NO. The highest BCUT2D eigenvalue weighted by atomic mass is 16.3. The van der Waals surface area contributed by atoms with E-state index in [0.29, 0.717) is 12.6 Å². The zero-order chi connectivity index (χ0) is 14.8. The van der Waals surface area contributed by atoms with Gasteiger partial charge in [0.1, 0.15) is 0 Å². The van der Waals surface area contributed by atoms with Crippen LogP contribution in [0, 0.1) is 26.2 Å². The van der Waals surface area contributed by atoms with Crippen molar-refractivity contribution in [3.63, 3.8) is 0 Å². The molecule has 2 nitrogen and oxygen atoms in total. The second-order valence-electron chi connectivity index (χ2n) is 6.76. The molecule has 0 heterocycles. The molecule has 0 saturated heterocycles. The van der Waals surface area contributed by atoms with Crippen LogP contribution in [0.5, 0.6) is 0 Å². The standard InChI is InChI=1S/C18H29NO/c1-13-9-15(3)17(10-14(13)2)16(4)19-11-18(12-20)7-5-6-8-18/h9-10,16,19-20H,5-8,11-12H2,1-4H3. The van der Waals surface area contributed by atoms with E-state index >= 15 is 0 Å². The molecule has 2 N–H and O–H groups in total. The SMILES string of the molecule is Cc1cc(C)c(C(C)NCC2(CO)CCCC2)cc1C. The van der Waals surface area contributed by atoms with Crippen molar-refractivity contribution >= 4 is 0 Å². The number of aryl methyl sites for hydroxylation is 3. The molecule has 1 aromatic carbocycles. The Bertz CT molecular complexity index is 461. The van der Waals surface area contributed by atoms with Gasteiger partial charge in [0.25, 0.3) is 0 Å². The molecule has 0 radical (unpaired) electrons. The molecule has 0 aromatic heterocycles.